The minimum atomic E-state index is -0.295. The predicted octanol–water partition coefficient (Wildman–Crippen LogP) is 6.22. The van der Waals surface area contributed by atoms with Crippen molar-refractivity contribution in [2.24, 2.45) is 0 Å². The number of hydrogen-bond acceptors (Lipinski definition) is 3. The molecule has 0 bridgehead atoms. The summed E-state index contributed by atoms with van der Waals surface area (Å²) in [6.45, 7) is 0.882. The number of carbonyl (C=O) groups excluding carboxylic acids is 2. The predicted molar refractivity (Wildman–Crippen MR) is 145 cm³/mol. The summed E-state index contributed by atoms with van der Waals surface area (Å²) in [6.07, 6.45) is 6.16. The molecule has 1 saturated heterocycles. The largest absolute Gasteiger partial charge is 0.497 e. The molecule has 2 N–H and O–H groups in total. The summed E-state index contributed by atoms with van der Waals surface area (Å²) in [6, 6.07) is 27.0. The number of aromatic nitrogens is 2. The number of ether oxygens (including phenoxy) is 1. The molecule has 7 nitrogen and oxygen atoms in total. The molecule has 1 fully saturated rings. The van der Waals surface area contributed by atoms with Crippen LogP contribution in [0.3, 0.4) is 0 Å². The highest BCUT2D eigenvalue weighted by molar-refractivity contribution is 6.15. The van der Waals surface area contributed by atoms with E-state index in [0.29, 0.717) is 30.9 Å². The van der Waals surface area contributed by atoms with Crippen LogP contribution in [-0.2, 0) is 11.3 Å². The van der Waals surface area contributed by atoms with Crippen LogP contribution in [0, 0.1) is 0 Å². The van der Waals surface area contributed by atoms with E-state index in [2.05, 4.69) is 28.2 Å². The average molecular weight is 493 g/mol. The third-order valence-electron chi connectivity index (χ3n) is 6.38. The van der Waals surface area contributed by atoms with E-state index >= 15 is 0 Å². The average Bonchev–Trinajstić information content (AvgIpc) is 3.63. The van der Waals surface area contributed by atoms with Gasteiger partial charge in [-0.3, -0.25) is 4.79 Å². The Balaban J connectivity index is 0.000000212. The smallest absolute Gasteiger partial charge is 0.331 e. The molecule has 0 spiro atoms. The van der Waals surface area contributed by atoms with Gasteiger partial charge in [0.25, 0.3) is 0 Å². The van der Waals surface area contributed by atoms with Crippen LogP contribution in [0.4, 0.5) is 10.5 Å². The van der Waals surface area contributed by atoms with Crippen molar-refractivity contribution in [3.63, 3.8) is 0 Å². The molecular weight excluding hydrogens is 464 g/mol. The fourth-order valence-electron chi connectivity index (χ4n) is 4.42. The van der Waals surface area contributed by atoms with Crippen LogP contribution >= 0.6 is 0 Å². The minimum Gasteiger partial charge on any atom is -0.497 e. The molecule has 3 amide bonds. The third-order valence-corrected chi connectivity index (χ3v) is 6.38. The summed E-state index contributed by atoms with van der Waals surface area (Å²) in [5.41, 5.74) is 5.14. The van der Waals surface area contributed by atoms with Crippen molar-refractivity contribution in [3.05, 3.63) is 109 Å². The van der Waals surface area contributed by atoms with E-state index in [-0.39, 0.29) is 11.9 Å². The number of H-pyrrole nitrogens is 2. The lowest BCUT2D eigenvalue weighted by atomic mass is 10.1. The van der Waals surface area contributed by atoms with Crippen LogP contribution in [-0.4, -0.2) is 40.5 Å². The number of fused-ring (bicyclic) bond motifs is 1. The zero-order valence-electron chi connectivity index (χ0n) is 20.6. The highest BCUT2D eigenvalue weighted by Gasteiger charge is 2.33. The molecule has 2 aromatic heterocycles. The number of imide groups is 1. The molecule has 3 heterocycles. The van der Waals surface area contributed by atoms with Crippen LogP contribution in [0.2, 0.25) is 0 Å². The van der Waals surface area contributed by atoms with E-state index in [4.69, 9.17) is 4.74 Å². The summed E-state index contributed by atoms with van der Waals surface area (Å²) < 4.78 is 5.14. The summed E-state index contributed by atoms with van der Waals surface area (Å²) in [4.78, 5) is 34.5. The molecule has 7 heteroatoms. The van der Waals surface area contributed by atoms with Gasteiger partial charge in [0.15, 0.2) is 0 Å². The SMILES string of the molecule is COc1ccc(N2C(=O)CCN(Cc3c[nH]c4ccccc34)C2=O)cc1.c1ccc(-c2cc[nH]c2)cc1. The molecule has 0 radical (unpaired) electrons. The number of urea groups is 1. The number of anilines is 1. The van der Waals surface area contributed by atoms with Crippen LogP contribution in [0.25, 0.3) is 22.0 Å². The van der Waals surface area contributed by atoms with Crippen molar-refractivity contribution < 1.29 is 14.3 Å². The van der Waals surface area contributed by atoms with Crippen molar-refractivity contribution in [1.29, 1.82) is 0 Å². The molecule has 3 aromatic carbocycles. The highest BCUT2D eigenvalue weighted by atomic mass is 16.5. The molecule has 0 unspecified atom stereocenters. The first kappa shape index (κ1) is 23.9. The Morgan fingerprint density at radius 3 is 2.32 bits per heavy atom. The first-order chi connectivity index (χ1) is 18.1. The van der Waals surface area contributed by atoms with E-state index in [0.717, 1.165) is 16.5 Å². The van der Waals surface area contributed by atoms with Gasteiger partial charge in [0.1, 0.15) is 5.75 Å². The Morgan fingerprint density at radius 1 is 0.838 bits per heavy atom. The van der Waals surface area contributed by atoms with Crippen molar-refractivity contribution in [2.45, 2.75) is 13.0 Å². The van der Waals surface area contributed by atoms with E-state index < -0.39 is 0 Å². The highest BCUT2D eigenvalue weighted by Crippen LogP contribution is 2.26. The number of nitrogens with zero attached hydrogens (tertiary/aromatic N) is 2. The lowest BCUT2D eigenvalue weighted by Gasteiger charge is -2.34. The topological polar surface area (TPSA) is 81.4 Å². The van der Waals surface area contributed by atoms with Gasteiger partial charge in [-0.05, 0) is 53.1 Å². The standard InChI is InChI=1S/C20H19N3O3.C10H9N/c1-26-16-8-6-15(7-9-16)23-19(24)10-11-22(20(23)25)13-14-12-21-18-5-3-2-4-17(14)18;1-2-4-9(5-3-1)10-6-7-11-8-10/h2-9,12,21H,10-11,13H2,1H3;1-8,11H. The van der Waals surface area contributed by atoms with E-state index in [1.807, 2.05) is 61.1 Å². The lowest BCUT2D eigenvalue weighted by molar-refractivity contribution is -0.119. The lowest BCUT2D eigenvalue weighted by Crippen LogP contribution is -2.52. The number of methoxy groups -OCH3 is 1. The Morgan fingerprint density at radius 2 is 1.59 bits per heavy atom. The van der Waals surface area contributed by atoms with Gasteiger partial charge in [0.05, 0.1) is 12.8 Å². The van der Waals surface area contributed by atoms with Gasteiger partial charge in [-0.15, -0.1) is 0 Å². The fourth-order valence-corrected chi connectivity index (χ4v) is 4.42. The normalized spacial score (nSPS) is 13.4. The third kappa shape index (κ3) is 5.26. The first-order valence-electron chi connectivity index (χ1n) is 12.1. The molecule has 6 rings (SSSR count). The maximum atomic E-state index is 12.9. The van der Waals surface area contributed by atoms with Crippen molar-refractivity contribution in [3.8, 4) is 16.9 Å². The zero-order chi connectivity index (χ0) is 25.6. The number of aromatic amines is 2. The van der Waals surface area contributed by atoms with Gasteiger partial charge < -0.3 is 19.6 Å². The molecule has 0 atom stereocenters. The van der Waals surface area contributed by atoms with Gasteiger partial charge in [-0.1, -0.05) is 48.5 Å². The summed E-state index contributed by atoms with van der Waals surface area (Å²) in [7, 11) is 1.58. The second kappa shape index (κ2) is 10.9. The number of para-hydroxylation sites is 1. The van der Waals surface area contributed by atoms with E-state index in [1.165, 1.54) is 16.0 Å². The molecular formula is C30H28N4O3. The molecule has 1 aliphatic rings. The van der Waals surface area contributed by atoms with Gasteiger partial charge in [-0.25, -0.2) is 9.69 Å². The molecule has 1 aliphatic heterocycles. The summed E-state index contributed by atoms with van der Waals surface area (Å²) in [5, 5.41) is 1.09. The Bertz CT molecular complexity index is 1470. The number of nitrogens with one attached hydrogen (secondary N) is 2. The number of rotatable bonds is 5. The second-order valence-electron chi connectivity index (χ2n) is 8.71. The Labute approximate surface area is 215 Å². The maximum absolute atomic E-state index is 12.9. The summed E-state index contributed by atoms with van der Waals surface area (Å²) in [5.74, 6) is 0.497. The molecule has 5 aromatic rings. The molecule has 0 aliphatic carbocycles. The van der Waals surface area contributed by atoms with Crippen molar-refractivity contribution in [2.75, 3.05) is 18.6 Å². The number of hydrogen-bond donors (Lipinski definition) is 2. The monoisotopic (exact) mass is 492 g/mol. The van der Waals surface area contributed by atoms with E-state index in [1.54, 1.807) is 36.3 Å². The minimum absolute atomic E-state index is 0.185. The van der Waals surface area contributed by atoms with Crippen LogP contribution in [0.5, 0.6) is 5.75 Å². The molecule has 186 valence electrons. The first-order valence-corrected chi connectivity index (χ1v) is 12.1. The molecule has 0 saturated carbocycles. The zero-order valence-corrected chi connectivity index (χ0v) is 20.6. The van der Waals surface area contributed by atoms with Gasteiger partial charge >= 0.3 is 6.03 Å². The summed E-state index contributed by atoms with van der Waals surface area (Å²) >= 11 is 0. The Hall–Kier alpha value is -4.78. The van der Waals surface area contributed by atoms with Crippen LogP contribution in [0.15, 0.2) is 104 Å². The second-order valence-corrected chi connectivity index (χ2v) is 8.71. The quantitative estimate of drug-likeness (QED) is 0.306. The van der Waals surface area contributed by atoms with Crippen LogP contribution in [0.1, 0.15) is 12.0 Å². The fraction of sp³-hybridized carbons (Fsp3) is 0.133. The number of benzene rings is 3. The Kier molecular flexibility index (Phi) is 7.03. The van der Waals surface area contributed by atoms with Crippen LogP contribution < -0.4 is 9.64 Å². The van der Waals surface area contributed by atoms with E-state index in [9.17, 15) is 9.59 Å². The van der Waals surface area contributed by atoms with Crippen molar-refractivity contribution in [1.82, 2.24) is 14.9 Å². The van der Waals surface area contributed by atoms with Gasteiger partial charge in [0, 0.05) is 49.0 Å². The maximum Gasteiger partial charge on any atom is 0.331 e. The van der Waals surface area contributed by atoms with Gasteiger partial charge in [0.2, 0.25) is 5.91 Å². The molecule has 37 heavy (non-hydrogen) atoms. The van der Waals surface area contributed by atoms with Gasteiger partial charge in [-0.2, -0.15) is 0 Å². The number of carbonyl (C=O) groups is 2. The number of amides is 3. The van der Waals surface area contributed by atoms with Crippen molar-refractivity contribution >= 4 is 28.5 Å².